The van der Waals surface area contributed by atoms with Gasteiger partial charge in [0.2, 0.25) is 0 Å². The van der Waals surface area contributed by atoms with E-state index in [0.29, 0.717) is 17.4 Å². The van der Waals surface area contributed by atoms with E-state index in [1.54, 1.807) is 0 Å². The lowest BCUT2D eigenvalue weighted by Gasteiger charge is -2.28. The summed E-state index contributed by atoms with van der Waals surface area (Å²) in [7, 11) is 1.19. The van der Waals surface area contributed by atoms with Crippen LogP contribution < -0.4 is 4.89 Å². The smallest absolute Gasteiger partial charge is 0.306 e. The summed E-state index contributed by atoms with van der Waals surface area (Å²) in [5.74, 6) is -0.806. The Morgan fingerprint density at radius 1 is 0.370 bits per heavy atom. The van der Waals surface area contributed by atoms with Crippen LogP contribution in [0.15, 0.2) is 12.2 Å². The summed E-state index contributed by atoms with van der Waals surface area (Å²) in [6.45, 7) is 4.33. The highest BCUT2D eigenvalue weighted by molar-refractivity contribution is 7.45. The summed E-state index contributed by atoms with van der Waals surface area (Å²) in [5.41, 5.74) is 0. The van der Waals surface area contributed by atoms with Gasteiger partial charge in [-0.3, -0.25) is 14.2 Å². The van der Waals surface area contributed by atoms with E-state index < -0.39 is 26.5 Å². The number of rotatable bonds is 68. The topological polar surface area (TPSA) is 111 Å². The van der Waals surface area contributed by atoms with E-state index in [0.717, 1.165) is 32.1 Å². The summed E-state index contributed by atoms with van der Waals surface area (Å²) >= 11 is 0. The van der Waals surface area contributed by atoms with Crippen LogP contribution in [0.25, 0.3) is 0 Å². The monoisotopic (exact) mass is 1170 g/mol. The molecule has 482 valence electrons. The molecule has 0 saturated heterocycles. The predicted molar refractivity (Wildman–Crippen MR) is 347 cm³/mol. The van der Waals surface area contributed by atoms with Crippen molar-refractivity contribution in [2.75, 3.05) is 47.5 Å². The van der Waals surface area contributed by atoms with Gasteiger partial charge in [-0.05, 0) is 38.5 Å². The molecule has 0 aliphatic carbocycles. The van der Waals surface area contributed by atoms with E-state index in [1.807, 2.05) is 21.1 Å². The molecule has 0 aromatic heterocycles. The van der Waals surface area contributed by atoms with E-state index in [9.17, 15) is 19.0 Å². The first-order valence-corrected chi connectivity index (χ1v) is 37.4. The van der Waals surface area contributed by atoms with E-state index in [1.165, 1.54) is 315 Å². The number of likely N-dealkylation sites (N-methyl/N-ethyl adjacent to an activating group) is 1. The van der Waals surface area contributed by atoms with Gasteiger partial charge in [-0.1, -0.05) is 341 Å². The lowest BCUT2D eigenvalue weighted by atomic mass is 10.0. The average Bonchev–Trinajstić information content (AvgIpc) is 3.43. The number of quaternary nitrogens is 1. The third-order valence-electron chi connectivity index (χ3n) is 16.5. The fraction of sp³-hybridized carbons (Fsp3) is 0.944. The molecule has 0 spiro atoms. The number of phosphoric acid groups is 1. The summed E-state index contributed by atoms with van der Waals surface area (Å²) in [6, 6.07) is 0. The molecule has 0 saturated carbocycles. The zero-order chi connectivity index (χ0) is 59.1. The van der Waals surface area contributed by atoms with Crippen molar-refractivity contribution in [2.24, 2.45) is 0 Å². The number of phosphoric ester groups is 1. The zero-order valence-corrected chi connectivity index (χ0v) is 55.9. The fourth-order valence-corrected chi connectivity index (χ4v) is 11.7. The van der Waals surface area contributed by atoms with Gasteiger partial charge >= 0.3 is 11.9 Å². The van der Waals surface area contributed by atoms with Crippen molar-refractivity contribution in [2.45, 2.75) is 386 Å². The Hall–Kier alpha value is -1.25. The maximum absolute atomic E-state index is 12.9. The van der Waals surface area contributed by atoms with Crippen LogP contribution in [0.3, 0.4) is 0 Å². The third-order valence-corrected chi connectivity index (χ3v) is 17.5. The number of allylic oxidation sites excluding steroid dienone is 2. The largest absolute Gasteiger partial charge is 0.756 e. The van der Waals surface area contributed by atoms with Gasteiger partial charge < -0.3 is 27.9 Å². The molecule has 0 heterocycles. The van der Waals surface area contributed by atoms with Gasteiger partial charge in [0.15, 0.2) is 6.10 Å². The van der Waals surface area contributed by atoms with Crippen molar-refractivity contribution in [3.05, 3.63) is 12.2 Å². The van der Waals surface area contributed by atoms with Crippen molar-refractivity contribution >= 4 is 19.8 Å². The maximum atomic E-state index is 12.9. The number of esters is 2. The highest BCUT2D eigenvalue weighted by Crippen LogP contribution is 2.38. The van der Waals surface area contributed by atoms with Crippen LogP contribution in [0.4, 0.5) is 0 Å². The van der Waals surface area contributed by atoms with Gasteiger partial charge in [-0.2, -0.15) is 0 Å². The van der Waals surface area contributed by atoms with Crippen molar-refractivity contribution < 1.29 is 42.1 Å². The Labute approximate surface area is 505 Å². The van der Waals surface area contributed by atoms with Gasteiger partial charge in [-0.25, -0.2) is 0 Å². The van der Waals surface area contributed by atoms with Crippen molar-refractivity contribution in [1.29, 1.82) is 0 Å². The molecule has 2 atom stereocenters. The molecule has 0 aliphatic rings. The first kappa shape index (κ1) is 79.8. The van der Waals surface area contributed by atoms with Crippen LogP contribution in [-0.4, -0.2) is 70.0 Å². The lowest BCUT2D eigenvalue weighted by Crippen LogP contribution is -2.37. The second-order valence-electron chi connectivity index (χ2n) is 26.0. The molecule has 0 bridgehead atoms. The fourth-order valence-electron chi connectivity index (χ4n) is 11.0. The van der Waals surface area contributed by atoms with E-state index >= 15 is 0 Å². The molecule has 2 unspecified atom stereocenters. The Kier molecular flexibility index (Phi) is 62.3. The number of unbranched alkanes of at least 4 members (excludes halogenated alkanes) is 52. The number of carbonyl (C=O) groups excluding carboxylic acids is 2. The van der Waals surface area contributed by atoms with Crippen molar-refractivity contribution in [3.8, 4) is 0 Å². The third kappa shape index (κ3) is 67.7. The van der Waals surface area contributed by atoms with Gasteiger partial charge in [-0.15, -0.1) is 0 Å². The minimum absolute atomic E-state index is 0.0258. The Balaban J connectivity index is 3.97. The molecule has 0 N–H and O–H groups in total. The SMILES string of the molecule is CCCCCCCCCC/C=C\CCCCCCCCCCCCCCCCCCCCCC(=O)OC(COC(=O)CCCCCCCCCCCCCCCCCCCCCCCCCCCC)COP(=O)([O-])OCC[N+](C)(C)C. The standard InChI is InChI=1S/C71H140NO8P/c1-6-8-10-12-14-16-18-20-22-24-26-28-30-32-34-35-36-37-38-40-42-44-46-48-50-52-54-56-58-60-62-64-71(74)80-69(68-79-81(75,76)78-66-65-72(3,4)5)67-77-70(73)63-61-59-57-55-53-51-49-47-45-43-41-39-33-31-29-27-25-23-21-19-17-15-13-11-9-7-2/h24,26,69H,6-23,25,27-68H2,1-5H3/b26-24-. The van der Waals surface area contributed by atoms with Gasteiger partial charge in [0.25, 0.3) is 7.82 Å². The minimum Gasteiger partial charge on any atom is -0.756 e. The molecule has 0 aliphatic heterocycles. The molecule has 0 radical (unpaired) electrons. The summed E-state index contributed by atoms with van der Waals surface area (Å²) in [5, 5.41) is 0. The molecule has 10 heteroatoms. The highest BCUT2D eigenvalue weighted by atomic mass is 31.2. The molecule has 0 aromatic carbocycles. The van der Waals surface area contributed by atoms with Gasteiger partial charge in [0, 0.05) is 12.8 Å². The predicted octanol–water partition coefficient (Wildman–Crippen LogP) is 22.5. The summed E-state index contributed by atoms with van der Waals surface area (Å²) in [4.78, 5) is 38.1. The number of ether oxygens (including phenoxy) is 2. The second kappa shape index (κ2) is 63.3. The van der Waals surface area contributed by atoms with E-state index in [2.05, 4.69) is 26.0 Å². The Bertz CT molecular complexity index is 1370. The zero-order valence-electron chi connectivity index (χ0n) is 55.0. The van der Waals surface area contributed by atoms with Crippen molar-refractivity contribution in [3.63, 3.8) is 0 Å². The molecular formula is C71H140NO8P. The molecule has 9 nitrogen and oxygen atoms in total. The minimum atomic E-state index is -4.64. The van der Waals surface area contributed by atoms with E-state index in [-0.39, 0.29) is 32.0 Å². The molecule has 81 heavy (non-hydrogen) atoms. The molecular weight excluding hydrogens is 1030 g/mol. The normalized spacial score (nSPS) is 13.1. The van der Waals surface area contributed by atoms with E-state index in [4.69, 9.17) is 18.5 Å². The number of nitrogens with zero attached hydrogens (tertiary/aromatic N) is 1. The Morgan fingerprint density at radius 3 is 0.914 bits per heavy atom. The first-order valence-electron chi connectivity index (χ1n) is 35.9. The van der Waals surface area contributed by atoms with Crippen molar-refractivity contribution in [1.82, 2.24) is 0 Å². The lowest BCUT2D eigenvalue weighted by molar-refractivity contribution is -0.870. The van der Waals surface area contributed by atoms with Crippen LogP contribution >= 0.6 is 7.82 Å². The van der Waals surface area contributed by atoms with Gasteiger partial charge in [0.05, 0.1) is 27.7 Å². The maximum Gasteiger partial charge on any atom is 0.306 e. The van der Waals surface area contributed by atoms with Gasteiger partial charge in [0.1, 0.15) is 19.8 Å². The average molecular weight is 1170 g/mol. The number of hydrogen-bond acceptors (Lipinski definition) is 8. The van der Waals surface area contributed by atoms with Crippen LogP contribution in [0.1, 0.15) is 380 Å². The summed E-state index contributed by atoms with van der Waals surface area (Å²) < 4.78 is 34.4. The molecule has 0 aromatic rings. The Morgan fingerprint density at radius 2 is 0.630 bits per heavy atom. The molecule has 0 rings (SSSR count). The summed E-state index contributed by atoms with van der Waals surface area (Å²) in [6.07, 6.45) is 77.3. The molecule has 0 fully saturated rings. The first-order chi connectivity index (χ1) is 39.5. The second-order valence-corrected chi connectivity index (χ2v) is 27.4. The van der Waals surface area contributed by atoms with Crippen LogP contribution in [0.2, 0.25) is 0 Å². The van der Waals surface area contributed by atoms with Crippen LogP contribution in [0, 0.1) is 0 Å². The van der Waals surface area contributed by atoms with Crippen LogP contribution in [-0.2, 0) is 32.7 Å². The highest BCUT2D eigenvalue weighted by Gasteiger charge is 2.22. The number of hydrogen-bond donors (Lipinski definition) is 0. The molecule has 0 amide bonds. The van der Waals surface area contributed by atoms with Crippen LogP contribution in [0.5, 0.6) is 0 Å². The quantitative estimate of drug-likeness (QED) is 0.0195. The number of carbonyl (C=O) groups is 2.